The topological polar surface area (TPSA) is 38.0 Å². The molecule has 1 aliphatic rings. The van der Waals surface area contributed by atoms with Gasteiger partial charge < -0.3 is 9.67 Å². The van der Waals surface area contributed by atoms with Crippen molar-refractivity contribution in [1.82, 2.24) is 9.55 Å². The summed E-state index contributed by atoms with van der Waals surface area (Å²) in [5.74, 6) is 0.806. The van der Waals surface area contributed by atoms with Crippen molar-refractivity contribution < 1.29 is 5.11 Å². The number of hydrogen-bond donors (Lipinski definition) is 1. The minimum absolute atomic E-state index is 0.400. The summed E-state index contributed by atoms with van der Waals surface area (Å²) in [7, 11) is 0. The van der Waals surface area contributed by atoms with Gasteiger partial charge in [0.15, 0.2) is 11.0 Å². The summed E-state index contributed by atoms with van der Waals surface area (Å²) >= 11 is 13.5. The summed E-state index contributed by atoms with van der Waals surface area (Å²) < 4.78 is 2.73. The van der Waals surface area contributed by atoms with Crippen molar-refractivity contribution in [3.63, 3.8) is 0 Å². The number of thiophene rings is 1. The first-order valence-electron chi connectivity index (χ1n) is 5.36. The molecule has 0 bridgehead atoms. The van der Waals surface area contributed by atoms with Gasteiger partial charge in [-0.3, -0.25) is 0 Å². The van der Waals surface area contributed by atoms with E-state index in [0.717, 1.165) is 40.1 Å². The van der Waals surface area contributed by atoms with Gasteiger partial charge in [0.2, 0.25) is 0 Å². The number of halogens is 2. The molecule has 1 atom stereocenters. The number of aliphatic hydroxyl groups excluding tert-OH is 1. The molecule has 3 rings (SSSR count). The van der Waals surface area contributed by atoms with Crippen LogP contribution in [0.1, 0.15) is 24.6 Å². The molecule has 2 aromatic rings. The van der Waals surface area contributed by atoms with E-state index in [-0.39, 0.29) is 0 Å². The third-order valence-electron chi connectivity index (χ3n) is 2.93. The van der Waals surface area contributed by atoms with Crippen LogP contribution in [-0.4, -0.2) is 14.7 Å². The second-order valence-corrected chi connectivity index (χ2v) is 6.10. The summed E-state index contributed by atoms with van der Waals surface area (Å²) in [6.45, 7) is 0.844. The lowest BCUT2D eigenvalue weighted by molar-refractivity contribution is 0.139. The van der Waals surface area contributed by atoms with Gasteiger partial charge in [-0.2, -0.15) is 0 Å². The summed E-state index contributed by atoms with van der Waals surface area (Å²) in [5, 5.41) is 10.3. The standard InChI is InChI=1S/C11H10Cl2N2OS/c12-8-4-3-7(17-8)11-14-10(13)9-6(16)2-1-5-15(9)11/h3-4,6,16H,1-2,5H2. The molecule has 1 N–H and O–H groups in total. The predicted molar refractivity (Wildman–Crippen MR) is 69.8 cm³/mol. The second-order valence-electron chi connectivity index (χ2n) is 4.02. The quantitative estimate of drug-likeness (QED) is 0.868. The van der Waals surface area contributed by atoms with Crippen LogP contribution in [0.5, 0.6) is 0 Å². The van der Waals surface area contributed by atoms with Crippen molar-refractivity contribution in [2.75, 3.05) is 0 Å². The number of fused-ring (bicyclic) bond motifs is 1. The van der Waals surface area contributed by atoms with E-state index in [9.17, 15) is 5.11 Å². The molecule has 3 nitrogen and oxygen atoms in total. The molecule has 3 heterocycles. The number of aromatic nitrogens is 2. The highest BCUT2D eigenvalue weighted by Crippen LogP contribution is 2.38. The third-order valence-corrected chi connectivity index (χ3v) is 4.44. The lowest BCUT2D eigenvalue weighted by Crippen LogP contribution is -2.15. The van der Waals surface area contributed by atoms with E-state index in [1.165, 1.54) is 11.3 Å². The molecule has 1 aliphatic heterocycles. The summed E-state index contributed by atoms with van der Waals surface area (Å²) in [4.78, 5) is 5.33. The van der Waals surface area contributed by atoms with Crippen LogP contribution >= 0.6 is 34.5 Å². The Morgan fingerprint density at radius 3 is 2.94 bits per heavy atom. The second kappa shape index (κ2) is 4.28. The molecular weight excluding hydrogens is 279 g/mol. The maximum atomic E-state index is 9.94. The molecule has 0 radical (unpaired) electrons. The minimum Gasteiger partial charge on any atom is -0.387 e. The first kappa shape index (κ1) is 11.5. The van der Waals surface area contributed by atoms with E-state index < -0.39 is 6.10 Å². The molecule has 0 aromatic carbocycles. The van der Waals surface area contributed by atoms with Gasteiger partial charge in [0.25, 0.3) is 0 Å². The summed E-state index contributed by atoms with van der Waals surface area (Å²) in [5.41, 5.74) is 0.734. The number of aliphatic hydroxyl groups is 1. The van der Waals surface area contributed by atoms with Crippen LogP contribution in [0.3, 0.4) is 0 Å². The van der Waals surface area contributed by atoms with Crippen molar-refractivity contribution in [3.05, 3.63) is 27.3 Å². The smallest absolute Gasteiger partial charge is 0.153 e. The Bertz CT molecular complexity index is 564. The largest absolute Gasteiger partial charge is 0.387 e. The Balaban J connectivity index is 2.16. The van der Waals surface area contributed by atoms with Crippen LogP contribution < -0.4 is 0 Å². The highest BCUT2D eigenvalue weighted by atomic mass is 35.5. The normalized spacial score (nSPS) is 19.4. The zero-order valence-electron chi connectivity index (χ0n) is 8.86. The van der Waals surface area contributed by atoms with Crippen molar-refractivity contribution >= 4 is 34.5 Å². The van der Waals surface area contributed by atoms with Crippen molar-refractivity contribution in [1.29, 1.82) is 0 Å². The van der Waals surface area contributed by atoms with E-state index >= 15 is 0 Å². The average molecular weight is 289 g/mol. The first-order valence-corrected chi connectivity index (χ1v) is 6.94. The van der Waals surface area contributed by atoms with Gasteiger partial charge >= 0.3 is 0 Å². The summed E-state index contributed by atoms with van der Waals surface area (Å²) in [6.07, 6.45) is 1.18. The van der Waals surface area contributed by atoms with Crippen LogP contribution in [0.2, 0.25) is 9.49 Å². The van der Waals surface area contributed by atoms with Gasteiger partial charge in [-0.15, -0.1) is 11.3 Å². The molecule has 0 saturated carbocycles. The van der Waals surface area contributed by atoms with Crippen LogP contribution in [0, 0.1) is 0 Å². The lowest BCUT2D eigenvalue weighted by Gasteiger charge is -2.21. The third kappa shape index (κ3) is 1.89. The molecule has 0 aliphatic carbocycles. The number of nitrogens with zero attached hydrogens (tertiary/aromatic N) is 2. The molecule has 0 saturated heterocycles. The highest BCUT2D eigenvalue weighted by Gasteiger charge is 2.26. The fourth-order valence-corrected chi connectivity index (χ4v) is 3.53. The fourth-order valence-electron chi connectivity index (χ4n) is 2.18. The molecule has 2 aromatic heterocycles. The van der Waals surface area contributed by atoms with Gasteiger partial charge in [0, 0.05) is 6.54 Å². The number of hydrogen-bond acceptors (Lipinski definition) is 3. The van der Waals surface area contributed by atoms with Crippen LogP contribution in [-0.2, 0) is 6.54 Å². The maximum Gasteiger partial charge on any atom is 0.153 e. The first-order chi connectivity index (χ1) is 8.16. The van der Waals surface area contributed by atoms with Gasteiger partial charge in [-0.25, -0.2) is 4.98 Å². The van der Waals surface area contributed by atoms with Gasteiger partial charge in [-0.05, 0) is 25.0 Å². The van der Waals surface area contributed by atoms with E-state index in [2.05, 4.69) is 4.98 Å². The molecular formula is C11H10Cl2N2OS. The van der Waals surface area contributed by atoms with Crippen molar-refractivity contribution in [2.45, 2.75) is 25.5 Å². The van der Waals surface area contributed by atoms with Gasteiger partial charge in [0.1, 0.15) is 0 Å². The van der Waals surface area contributed by atoms with Crippen LogP contribution in [0.15, 0.2) is 12.1 Å². The zero-order valence-corrected chi connectivity index (χ0v) is 11.2. The number of rotatable bonds is 1. The van der Waals surface area contributed by atoms with Crippen molar-refractivity contribution in [3.8, 4) is 10.7 Å². The Morgan fingerprint density at radius 1 is 1.41 bits per heavy atom. The molecule has 6 heteroatoms. The minimum atomic E-state index is -0.507. The fraction of sp³-hybridized carbons (Fsp3) is 0.364. The Kier molecular flexibility index (Phi) is 2.91. The maximum absolute atomic E-state index is 9.94. The monoisotopic (exact) mass is 288 g/mol. The average Bonchev–Trinajstić information content (AvgIpc) is 2.84. The molecule has 90 valence electrons. The van der Waals surface area contributed by atoms with Crippen LogP contribution in [0.4, 0.5) is 0 Å². The zero-order chi connectivity index (χ0) is 12.0. The Morgan fingerprint density at radius 2 is 2.24 bits per heavy atom. The van der Waals surface area contributed by atoms with E-state index in [0.29, 0.717) is 5.15 Å². The Hall–Kier alpha value is -0.550. The molecule has 0 fully saturated rings. The highest BCUT2D eigenvalue weighted by molar-refractivity contribution is 7.19. The molecule has 17 heavy (non-hydrogen) atoms. The number of imidazole rings is 1. The lowest BCUT2D eigenvalue weighted by atomic mass is 10.1. The SMILES string of the molecule is OC1CCCn2c(-c3ccc(Cl)s3)nc(Cl)c21. The molecule has 0 amide bonds. The van der Waals surface area contributed by atoms with E-state index in [1.54, 1.807) is 0 Å². The molecule has 0 spiro atoms. The Labute approximate surface area is 113 Å². The van der Waals surface area contributed by atoms with E-state index in [1.807, 2.05) is 16.7 Å². The predicted octanol–water partition coefficient (Wildman–Crippen LogP) is 3.75. The van der Waals surface area contributed by atoms with Gasteiger partial charge in [0.05, 0.1) is 21.0 Å². The summed E-state index contributed by atoms with van der Waals surface area (Å²) in [6, 6.07) is 3.77. The van der Waals surface area contributed by atoms with Crippen molar-refractivity contribution in [2.24, 2.45) is 0 Å². The van der Waals surface area contributed by atoms with E-state index in [4.69, 9.17) is 23.2 Å². The van der Waals surface area contributed by atoms with Crippen LogP contribution in [0.25, 0.3) is 10.7 Å². The van der Waals surface area contributed by atoms with Gasteiger partial charge in [-0.1, -0.05) is 23.2 Å². The molecule has 1 unspecified atom stereocenters.